The van der Waals surface area contributed by atoms with Crippen LogP contribution in [0.25, 0.3) is 0 Å². The van der Waals surface area contributed by atoms with Crippen molar-refractivity contribution in [3.8, 4) is 11.5 Å². The molecule has 3 aromatic rings. The third kappa shape index (κ3) is 6.69. The van der Waals surface area contributed by atoms with E-state index in [1.165, 1.54) is 12.1 Å². The Morgan fingerprint density at radius 1 is 1.00 bits per heavy atom. The lowest BCUT2D eigenvalue weighted by molar-refractivity contribution is -0.132. The van der Waals surface area contributed by atoms with E-state index in [0.29, 0.717) is 31.9 Å². The molecule has 0 aliphatic carbocycles. The van der Waals surface area contributed by atoms with E-state index in [1.807, 2.05) is 47.4 Å². The zero-order valence-corrected chi connectivity index (χ0v) is 18.5. The fourth-order valence-corrected chi connectivity index (χ4v) is 3.61. The molecule has 4 rings (SSSR count). The second-order valence-corrected chi connectivity index (χ2v) is 7.63. The molecule has 168 valence electrons. The summed E-state index contributed by atoms with van der Waals surface area (Å²) in [5.74, 6) is 1.34. The first kappa shape index (κ1) is 23.5. The van der Waals surface area contributed by atoms with Crippen LogP contribution in [-0.2, 0) is 17.8 Å². The van der Waals surface area contributed by atoms with Crippen LogP contribution < -0.4 is 9.47 Å². The van der Waals surface area contributed by atoms with Crippen LogP contribution >= 0.6 is 12.4 Å². The summed E-state index contributed by atoms with van der Waals surface area (Å²) in [5.41, 5.74) is 1.72. The van der Waals surface area contributed by atoms with Crippen molar-refractivity contribution in [1.29, 1.82) is 0 Å². The van der Waals surface area contributed by atoms with E-state index in [1.54, 1.807) is 18.5 Å². The minimum Gasteiger partial charge on any atom is -0.490 e. The second kappa shape index (κ2) is 11.5. The first-order valence-electron chi connectivity index (χ1n) is 10.5. The Kier molecular flexibility index (Phi) is 8.45. The SMILES string of the molecule is Cl.O=C(Cc1cccnc1)N1CCC(Oc2ccc(OCc3cccc(F)c3)cc2)CC1. The quantitative estimate of drug-likeness (QED) is 0.510. The van der Waals surface area contributed by atoms with Crippen LogP contribution in [-0.4, -0.2) is 35.0 Å². The van der Waals surface area contributed by atoms with E-state index >= 15 is 0 Å². The summed E-state index contributed by atoms with van der Waals surface area (Å²) < 4.78 is 25.0. The van der Waals surface area contributed by atoms with E-state index in [9.17, 15) is 9.18 Å². The van der Waals surface area contributed by atoms with Gasteiger partial charge < -0.3 is 14.4 Å². The normalized spacial score (nSPS) is 13.8. The summed E-state index contributed by atoms with van der Waals surface area (Å²) in [4.78, 5) is 18.4. The molecule has 0 atom stereocenters. The van der Waals surface area contributed by atoms with Gasteiger partial charge in [0.05, 0.1) is 6.42 Å². The Morgan fingerprint density at radius 3 is 2.41 bits per heavy atom. The van der Waals surface area contributed by atoms with E-state index in [2.05, 4.69) is 4.98 Å². The molecule has 5 nitrogen and oxygen atoms in total. The summed E-state index contributed by atoms with van der Waals surface area (Å²) in [6.45, 7) is 1.70. The first-order chi connectivity index (χ1) is 15.2. The molecule has 1 fully saturated rings. The zero-order valence-electron chi connectivity index (χ0n) is 17.7. The van der Waals surface area contributed by atoms with E-state index < -0.39 is 0 Å². The first-order valence-corrected chi connectivity index (χ1v) is 10.5. The second-order valence-electron chi connectivity index (χ2n) is 7.63. The van der Waals surface area contributed by atoms with Crippen molar-refractivity contribution in [2.75, 3.05) is 13.1 Å². The van der Waals surface area contributed by atoms with Gasteiger partial charge in [-0.05, 0) is 53.6 Å². The Morgan fingerprint density at radius 2 is 1.72 bits per heavy atom. The lowest BCUT2D eigenvalue weighted by atomic mass is 10.1. The van der Waals surface area contributed by atoms with Crippen molar-refractivity contribution in [2.45, 2.75) is 32.0 Å². The van der Waals surface area contributed by atoms with Gasteiger partial charge in [-0.15, -0.1) is 12.4 Å². The monoisotopic (exact) mass is 456 g/mol. The van der Waals surface area contributed by atoms with Gasteiger partial charge >= 0.3 is 0 Å². The average molecular weight is 457 g/mol. The summed E-state index contributed by atoms with van der Waals surface area (Å²) >= 11 is 0. The number of ether oxygens (including phenoxy) is 2. The van der Waals surface area contributed by atoms with Crippen molar-refractivity contribution in [3.63, 3.8) is 0 Å². The molecule has 0 unspecified atom stereocenters. The number of benzene rings is 2. The number of aromatic nitrogens is 1. The highest BCUT2D eigenvalue weighted by molar-refractivity contribution is 5.85. The molecule has 0 bridgehead atoms. The molecular formula is C25H26ClFN2O3. The molecule has 7 heteroatoms. The lowest BCUT2D eigenvalue weighted by Crippen LogP contribution is -2.42. The van der Waals surface area contributed by atoms with Crippen molar-refractivity contribution < 1.29 is 18.7 Å². The molecule has 1 aliphatic rings. The van der Waals surface area contributed by atoms with Crippen LogP contribution in [0.2, 0.25) is 0 Å². The molecule has 1 aromatic heterocycles. The maximum Gasteiger partial charge on any atom is 0.227 e. The number of likely N-dealkylation sites (tertiary alicyclic amines) is 1. The zero-order chi connectivity index (χ0) is 21.5. The Labute approximate surface area is 193 Å². The fourth-order valence-electron chi connectivity index (χ4n) is 3.61. The number of pyridine rings is 1. The van der Waals surface area contributed by atoms with Crippen LogP contribution in [0, 0.1) is 5.82 Å². The molecule has 1 aliphatic heterocycles. The van der Waals surface area contributed by atoms with Gasteiger partial charge in [-0.25, -0.2) is 4.39 Å². The summed E-state index contributed by atoms with van der Waals surface area (Å²) in [6, 6.07) is 17.6. The van der Waals surface area contributed by atoms with Crippen LogP contribution in [0.5, 0.6) is 11.5 Å². The van der Waals surface area contributed by atoms with Gasteiger partial charge in [0.2, 0.25) is 5.91 Å². The number of amides is 1. The number of carbonyl (C=O) groups is 1. The molecule has 32 heavy (non-hydrogen) atoms. The van der Waals surface area contributed by atoms with E-state index in [0.717, 1.165) is 29.7 Å². The summed E-state index contributed by atoms with van der Waals surface area (Å²) in [7, 11) is 0. The molecule has 2 aromatic carbocycles. The van der Waals surface area contributed by atoms with Crippen molar-refractivity contribution >= 4 is 18.3 Å². The van der Waals surface area contributed by atoms with Gasteiger partial charge in [0.1, 0.15) is 30.0 Å². The predicted molar refractivity (Wildman–Crippen MR) is 123 cm³/mol. The fraction of sp³-hybridized carbons (Fsp3) is 0.280. The Balaban J connectivity index is 0.00000289. The standard InChI is InChI=1S/C25H25FN2O3.ClH/c26-21-5-1-3-20(15-21)18-30-22-6-8-23(9-7-22)31-24-10-13-28(14-11-24)25(29)16-19-4-2-12-27-17-19;/h1-9,12,15,17,24H,10-11,13-14,16,18H2;1H. The number of nitrogens with zero attached hydrogens (tertiary/aromatic N) is 2. The largest absolute Gasteiger partial charge is 0.490 e. The molecule has 2 heterocycles. The number of hydrogen-bond acceptors (Lipinski definition) is 4. The van der Waals surface area contributed by atoms with Gasteiger partial charge in [0.15, 0.2) is 0 Å². The van der Waals surface area contributed by atoms with Crippen molar-refractivity contribution in [3.05, 3.63) is 90.0 Å². The van der Waals surface area contributed by atoms with Crippen molar-refractivity contribution in [2.24, 2.45) is 0 Å². The summed E-state index contributed by atoms with van der Waals surface area (Å²) in [5, 5.41) is 0. The van der Waals surface area contributed by atoms with E-state index in [-0.39, 0.29) is 30.2 Å². The van der Waals surface area contributed by atoms with Gasteiger partial charge in [-0.3, -0.25) is 9.78 Å². The number of carbonyl (C=O) groups excluding carboxylic acids is 1. The molecule has 0 spiro atoms. The number of hydrogen-bond donors (Lipinski definition) is 0. The topological polar surface area (TPSA) is 51.7 Å². The lowest BCUT2D eigenvalue weighted by Gasteiger charge is -2.32. The maximum atomic E-state index is 13.2. The smallest absolute Gasteiger partial charge is 0.227 e. The third-order valence-corrected chi connectivity index (χ3v) is 5.29. The highest BCUT2D eigenvalue weighted by atomic mass is 35.5. The minimum absolute atomic E-state index is 0. The maximum absolute atomic E-state index is 13.2. The third-order valence-electron chi connectivity index (χ3n) is 5.29. The minimum atomic E-state index is -0.269. The van der Waals surface area contributed by atoms with Gasteiger partial charge in [0.25, 0.3) is 0 Å². The Bertz CT molecular complexity index is 994. The van der Waals surface area contributed by atoms with Crippen LogP contribution in [0.15, 0.2) is 73.1 Å². The van der Waals surface area contributed by atoms with Crippen LogP contribution in [0.4, 0.5) is 4.39 Å². The van der Waals surface area contributed by atoms with Gasteiger partial charge in [0, 0.05) is 38.3 Å². The number of rotatable bonds is 7. The highest BCUT2D eigenvalue weighted by Crippen LogP contribution is 2.23. The highest BCUT2D eigenvalue weighted by Gasteiger charge is 2.24. The van der Waals surface area contributed by atoms with E-state index in [4.69, 9.17) is 9.47 Å². The molecule has 1 amide bonds. The number of piperidine rings is 1. The average Bonchev–Trinajstić information content (AvgIpc) is 2.80. The van der Waals surface area contributed by atoms with Gasteiger partial charge in [-0.1, -0.05) is 18.2 Å². The molecular weight excluding hydrogens is 431 g/mol. The van der Waals surface area contributed by atoms with Gasteiger partial charge in [-0.2, -0.15) is 0 Å². The van der Waals surface area contributed by atoms with Crippen LogP contribution in [0.3, 0.4) is 0 Å². The molecule has 1 saturated heterocycles. The van der Waals surface area contributed by atoms with Crippen LogP contribution in [0.1, 0.15) is 24.0 Å². The molecule has 0 N–H and O–H groups in total. The predicted octanol–water partition coefficient (Wildman–Crippen LogP) is 4.83. The summed E-state index contributed by atoms with van der Waals surface area (Å²) in [6.07, 6.45) is 5.52. The molecule has 0 radical (unpaired) electrons. The number of halogens is 2. The molecule has 0 saturated carbocycles. The van der Waals surface area contributed by atoms with Crippen molar-refractivity contribution in [1.82, 2.24) is 9.88 Å². The Hall–Kier alpha value is -3.12.